The van der Waals surface area contributed by atoms with Crippen LogP contribution in [0.5, 0.6) is 0 Å². The molecule has 0 fully saturated rings. The Balaban J connectivity index is 2.55. The number of fused-ring (bicyclic) bond motifs is 1. The second kappa shape index (κ2) is 2.95. The number of benzene rings is 1. The normalized spacial score (nSPS) is 10.8. The zero-order valence-electron chi connectivity index (χ0n) is 6.82. The van der Waals surface area contributed by atoms with Gasteiger partial charge in [0.2, 0.25) is 0 Å². The van der Waals surface area contributed by atoms with Crippen LogP contribution in [0.15, 0.2) is 24.4 Å². The molecular weight excluding hydrogens is 152 g/mol. The average molecular weight is 161 g/mol. The third-order valence-electron chi connectivity index (χ3n) is 1.74. The molecule has 0 amide bonds. The van der Waals surface area contributed by atoms with Gasteiger partial charge in [0.1, 0.15) is 6.73 Å². The van der Waals surface area contributed by atoms with E-state index in [9.17, 15) is 0 Å². The van der Waals surface area contributed by atoms with E-state index in [-0.39, 0.29) is 0 Å². The highest BCUT2D eigenvalue weighted by molar-refractivity contribution is 5.77. The number of hydrogen-bond acceptors (Lipinski definition) is 2. The van der Waals surface area contributed by atoms with Crippen LogP contribution in [0.4, 0.5) is 0 Å². The molecule has 1 heterocycles. The number of nitrogens with zero attached hydrogens (tertiary/aromatic N) is 2. The van der Waals surface area contributed by atoms with Crippen molar-refractivity contribution in [3.63, 3.8) is 0 Å². The van der Waals surface area contributed by atoms with E-state index >= 15 is 0 Å². The van der Waals surface area contributed by atoms with Gasteiger partial charge in [0.15, 0.2) is 0 Å². The lowest BCUT2D eigenvalue weighted by Crippen LogP contribution is -2.00. The lowest BCUT2D eigenvalue weighted by atomic mass is 10.3. The summed E-state index contributed by atoms with van der Waals surface area (Å²) in [6.07, 6.45) is 1.82. The smallest absolute Gasteiger partial charge is 0.139 e. The minimum Gasteiger partial charge on any atom is -0.362 e. The van der Waals surface area contributed by atoms with E-state index in [1.807, 2.05) is 24.4 Å². The number of ether oxygens (including phenoxy) is 1. The van der Waals surface area contributed by atoms with Crippen molar-refractivity contribution in [3.8, 4) is 0 Å². The first-order chi connectivity index (χ1) is 5.92. The van der Waals surface area contributed by atoms with E-state index in [2.05, 4.69) is 11.2 Å². The Labute approximate surface area is 70.6 Å². The maximum absolute atomic E-state index is 4.98. The molecule has 0 aliphatic rings. The third-order valence-corrected chi connectivity index (χ3v) is 1.74. The minimum absolute atomic E-state index is 0.487. The number of hydrogen-bond donors (Lipinski definition) is 0. The minimum atomic E-state index is 0.487. The molecule has 1 radical (unpaired) electrons. The van der Waals surface area contributed by atoms with E-state index in [0.29, 0.717) is 6.73 Å². The monoisotopic (exact) mass is 161 g/mol. The number of methoxy groups -OCH3 is 1. The molecule has 0 aliphatic heterocycles. The largest absolute Gasteiger partial charge is 0.362 e. The van der Waals surface area contributed by atoms with Gasteiger partial charge in [0.25, 0.3) is 0 Å². The van der Waals surface area contributed by atoms with E-state index in [1.165, 1.54) is 0 Å². The third kappa shape index (κ3) is 1.08. The molecule has 0 saturated heterocycles. The molecule has 2 rings (SSSR count). The van der Waals surface area contributed by atoms with Crippen LogP contribution in [0.25, 0.3) is 10.9 Å². The molecule has 1 aromatic heterocycles. The number of rotatable bonds is 2. The van der Waals surface area contributed by atoms with Crippen LogP contribution >= 0.6 is 0 Å². The van der Waals surface area contributed by atoms with Crippen molar-refractivity contribution >= 4 is 10.9 Å². The molecule has 3 heteroatoms. The molecule has 0 N–H and O–H groups in total. The second-order valence-corrected chi connectivity index (χ2v) is 2.55. The van der Waals surface area contributed by atoms with Crippen LogP contribution in [-0.2, 0) is 11.5 Å². The predicted molar refractivity (Wildman–Crippen MR) is 45.6 cm³/mol. The lowest BCUT2D eigenvalue weighted by Gasteiger charge is -1.99. The van der Waals surface area contributed by atoms with Gasteiger partial charge in [-0.15, -0.1) is 0 Å². The fraction of sp³-hybridized carbons (Fsp3) is 0.222. The zero-order chi connectivity index (χ0) is 8.39. The molecule has 0 bridgehead atoms. The highest BCUT2D eigenvalue weighted by atomic mass is 16.5. The average Bonchev–Trinajstić information content (AvgIpc) is 2.50. The summed E-state index contributed by atoms with van der Waals surface area (Å²) in [4.78, 5) is 0. The Morgan fingerprint density at radius 3 is 3.42 bits per heavy atom. The summed E-state index contributed by atoms with van der Waals surface area (Å²) in [6.45, 7) is 0.487. The topological polar surface area (TPSA) is 27.1 Å². The Morgan fingerprint density at radius 2 is 2.58 bits per heavy atom. The molecule has 2 aromatic rings. The van der Waals surface area contributed by atoms with Crippen molar-refractivity contribution in [2.75, 3.05) is 7.11 Å². The van der Waals surface area contributed by atoms with Crippen molar-refractivity contribution < 1.29 is 4.74 Å². The molecule has 0 atom stereocenters. The lowest BCUT2D eigenvalue weighted by molar-refractivity contribution is 0.124. The summed E-state index contributed by atoms with van der Waals surface area (Å²) in [7, 11) is 1.65. The van der Waals surface area contributed by atoms with Crippen LogP contribution in [0, 0.1) is 6.07 Å². The highest BCUT2D eigenvalue weighted by Crippen LogP contribution is 2.11. The van der Waals surface area contributed by atoms with E-state index in [4.69, 9.17) is 4.74 Å². The van der Waals surface area contributed by atoms with Gasteiger partial charge < -0.3 is 4.74 Å². The molecule has 0 spiro atoms. The fourth-order valence-electron chi connectivity index (χ4n) is 1.19. The van der Waals surface area contributed by atoms with Crippen molar-refractivity contribution in [3.05, 3.63) is 30.5 Å². The Morgan fingerprint density at radius 1 is 1.67 bits per heavy atom. The predicted octanol–water partition coefficient (Wildman–Crippen LogP) is 1.44. The second-order valence-electron chi connectivity index (χ2n) is 2.55. The SMILES string of the molecule is COCn1ncc2cc[c]cc21. The molecule has 0 aliphatic carbocycles. The first kappa shape index (κ1) is 7.31. The van der Waals surface area contributed by atoms with E-state index in [0.717, 1.165) is 10.9 Å². The maximum Gasteiger partial charge on any atom is 0.139 e. The molecule has 1 aromatic carbocycles. The molecule has 61 valence electrons. The maximum atomic E-state index is 4.98. The first-order valence-electron chi connectivity index (χ1n) is 3.72. The van der Waals surface area contributed by atoms with Gasteiger partial charge in [-0.1, -0.05) is 12.1 Å². The van der Waals surface area contributed by atoms with Crippen LogP contribution < -0.4 is 0 Å². The van der Waals surface area contributed by atoms with Gasteiger partial charge in [-0.05, 0) is 12.1 Å². The van der Waals surface area contributed by atoms with Crippen LogP contribution in [0.1, 0.15) is 0 Å². The Hall–Kier alpha value is -1.35. The van der Waals surface area contributed by atoms with Crippen LogP contribution in [-0.4, -0.2) is 16.9 Å². The summed E-state index contributed by atoms with van der Waals surface area (Å²) < 4.78 is 6.78. The van der Waals surface area contributed by atoms with Crippen molar-refractivity contribution in [2.45, 2.75) is 6.73 Å². The van der Waals surface area contributed by atoms with Gasteiger partial charge in [-0.3, -0.25) is 0 Å². The molecule has 0 saturated carbocycles. The van der Waals surface area contributed by atoms with Gasteiger partial charge in [0, 0.05) is 12.5 Å². The molecule has 0 unspecified atom stereocenters. The summed E-state index contributed by atoms with van der Waals surface area (Å²) in [5.74, 6) is 0. The molecule has 3 nitrogen and oxygen atoms in total. The quantitative estimate of drug-likeness (QED) is 0.666. The standard InChI is InChI=1S/C9H9N2O/c1-12-7-11-9-5-3-2-4-8(9)6-10-11/h2,4-6H,7H2,1H3. The summed E-state index contributed by atoms with van der Waals surface area (Å²) in [5.41, 5.74) is 1.05. The van der Waals surface area contributed by atoms with E-state index in [1.54, 1.807) is 11.8 Å². The van der Waals surface area contributed by atoms with Gasteiger partial charge in [0.05, 0.1) is 11.7 Å². The van der Waals surface area contributed by atoms with Gasteiger partial charge >= 0.3 is 0 Å². The van der Waals surface area contributed by atoms with E-state index < -0.39 is 0 Å². The first-order valence-corrected chi connectivity index (χ1v) is 3.72. The molecule has 12 heavy (non-hydrogen) atoms. The van der Waals surface area contributed by atoms with Gasteiger partial charge in [-0.2, -0.15) is 5.10 Å². The fourth-order valence-corrected chi connectivity index (χ4v) is 1.19. The molecular formula is C9H9N2O. The van der Waals surface area contributed by atoms with Crippen LogP contribution in [0.3, 0.4) is 0 Å². The van der Waals surface area contributed by atoms with Crippen molar-refractivity contribution in [1.29, 1.82) is 0 Å². The van der Waals surface area contributed by atoms with Crippen molar-refractivity contribution in [1.82, 2.24) is 9.78 Å². The zero-order valence-corrected chi connectivity index (χ0v) is 6.82. The van der Waals surface area contributed by atoms with Crippen LogP contribution in [0.2, 0.25) is 0 Å². The summed E-state index contributed by atoms with van der Waals surface area (Å²) in [5, 5.41) is 5.27. The Kier molecular flexibility index (Phi) is 1.80. The Bertz CT molecular complexity index is 381. The van der Waals surface area contributed by atoms with Gasteiger partial charge in [-0.25, -0.2) is 4.68 Å². The number of aromatic nitrogens is 2. The summed E-state index contributed by atoms with van der Waals surface area (Å²) >= 11 is 0. The van der Waals surface area contributed by atoms with Crippen molar-refractivity contribution in [2.24, 2.45) is 0 Å². The summed E-state index contributed by atoms with van der Waals surface area (Å²) in [6, 6.07) is 8.76. The highest BCUT2D eigenvalue weighted by Gasteiger charge is 1.98.